The molecule has 0 aliphatic heterocycles. The summed E-state index contributed by atoms with van der Waals surface area (Å²) in [5.41, 5.74) is 3.37. The van der Waals surface area contributed by atoms with Crippen LogP contribution in [0.15, 0.2) is 0 Å². The van der Waals surface area contributed by atoms with Gasteiger partial charge in [-0.25, -0.2) is 4.79 Å². The molecule has 1 amide bonds. The summed E-state index contributed by atoms with van der Waals surface area (Å²) >= 11 is 0. The fraction of sp³-hybridized carbons (Fsp3) is 0.800. The molecule has 88 valence electrons. The minimum Gasteiger partial charge on any atom is -0.458 e. The lowest BCUT2D eigenvalue weighted by atomic mass is 10.0. The third-order valence-electron chi connectivity index (χ3n) is 1.67. The summed E-state index contributed by atoms with van der Waals surface area (Å²) in [7, 11) is 3.08. The van der Waals surface area contributed by atoms with Crippen LogP contribution in [0.1, 0.15) is 27.7 Å². The van der Waals surface area contributed by atoms with E-state index in [-0.39, 0.29) is 0 Å². The smallest absolute Gasteiger partial charge is 0.336 e. The van der Waals surface area contributed by atoms with E-state index in [2.05, 4.69) is 0 Å². The number of nitrogens with zero attached hydrogens (tertiary/aromatic N) is 1. The average Bonchev–Trinajstić information content (AvgIpc) is 1.99. The summed E-state index contributed by atoms with van der Waals surface area (Å²) in [5.74, 6) is -1.19. The van der Waals surface area contributed by atoms with Gasteiger partial charge in [-0.15, -0.1) is 0 Å². The predicted octanol–water partition coefficient (Wildman–Crippen LogP) is 0.134. The first-order valence-corrected chi connectivity index (χ1v) is 4.72. The fourth-order valence-electron chi connectivity index (χ4n) is 0.936. The maximum absolute atomic E-state index is 11.6. The molecule has 15 heavy (non-hydrogen) atoms. The topological polar surface area (TPSA) is 72.6 Å². The highest BCUT2D eigenvalue weighted by atomic mass is 16.6. The Kier molecular flexibility index (Phi) is 3.88. The molecule has 0 unspecified atom stereocenters. The molecule has 0 aromatic carbocycles. The Labute approximate surface area is 90.6 Å². The van der Waals surface area contributed by atoms with E-state index < -0.39 is 23.0 Å². The van der Waals surface area contributed by atoms with Crippen LogP contribution in [0.4, 0.5) is 0 Å². The van der Waals surface area contributed by atoms with Crippen molar-refractivity contribution < 1.29 is 14.3 Å². The third-order valence-corrected chi connectivity index (χ3v) is 1.67. The van der Waals surface area contributed by atoms with Crippen LogP contribution in [0.3, 0.4) is 0 Å². The molecular weight excluding hydrogens is 196 g/mol. The van der Waals surface area contributed by atoms with Crippen LogP contribution >= 0.6 is 0 Å². The van der Waals surface area contributed by atoms with Crippen LogP contribution < -0.4 is 5.73 Å². The van der Waals surface area contributed by atoms with Gasteiger partial charge < -0.3 is 15.4 Å². The number of carbonyl (C=O) groups is 2. The van der Waals surface area contributed by atoms with Gasteiger partial charge in [0.1, 0.15) is 5.60 Å². The van der Waals surface area contributed by atoms with Crippen molar-refractivity contribution in [1.82, 2.24) is 4.90 Å². The average molecular weight is 216 g/mol. The Morgan fingerprint density at radius 3 is 1.80 bits per heavy atom. The number of ether oxygens (including phenoxy) is 1. The first kappa shape index (κ1) is 13.9. The Morgan fingerprint density at radius 1 is 1.13 bits per heavy atom. The lowest BCUT2D eigenvalue weighted by Gasteiger charge is -2.29. The highest BCUT2D eigenvalue weighted by molar-refractivity contribution is 6.06. The molecule has 0 fully saturated rings. The fourth-order valence-corrected chi connectivity index (χ4v) is 0.936. The van der Waals surface area contributed by atoms with Crippen LogP contribution in [0.5, 0.6) is 0 Å². The number of rotatable bonds is 2. The van der Waals surface area contributed by atoms with Crippen LogP contribution in [0.2, 0.25) is 0 Å². The van der Waals surface area contributed by atoms with Gasteiger partial charge in [-0.1, -0.05) is 0 Å². The van der Waals surface area contributed by atoms with Crippen molar-refractivity contribution >= 4 is 11.9 Å². The number of hydrogen-bond donors (Lipinski definition) is 1. The second-order valence-corrected chi connectivity index (χ2v) is 4.90. The van der Waals surface area contributed by atoms with Gasteiger partial charge in [-0.05, 0) is 27.7 Å². The molecule has 5 heteroatoms. The Hall–Kier alpha value is -1.10. The summed E-state index contributed by atoms with van der Waals surface area (Å²) in [6, 6.07) is 0. The van der Waals surface area contributed by atoms with Crippen molar-refractivity contribution in [3.8, 4) is 0 Å². The molecule has 5 nitrogen and oxygen atoms in total. The van der Waals surface area contributed by atoms with E-state index in [1.807, 2.05) is 0 Å². The van der Waals surface area contributed by atoms with Gasteiger partial charge in [0.15, 0.2) is 5.54 Å². The van der Waals surface area contributed by atoms with Gasteiger partial charge in [-0.3, -0.25) is 4.79 Å². The number of amides is 1. The minimum atomic E-state index is -1.63. The molecule has 0 saturated heterocycles. The normalized spacial score (nSPS) is 15.4. The summed E-state index contributed by atoms with van der Waals surface area (Å²) in [6.07, 6.45) is 0. The van der Waals surface area contributed by atoms with Gasteiger partial charge in [0.2, 0.25) is 0 Å². The van der Waals surface area contributed by atoms with E-state index in [0.29, 0.717) is 0 Å². The third kappa shape index (κ3) is 3.87. The Morgan fingerprint density at radius 2 is 1.53 bits per heavy atom. The van der Waals surface area contributed by atoms with E-state index in [4.69, 9.17) is 10.5 Å². The zero-order valence-electron chi connectivity index (χ0n) is 10.2. The molecule has 0 aliphatic carbocycles. The highest BCUT2D eigenvalue weighted by Crippen LogP contribution is 2.13. The second kappa shape index (κ2) is 4.18. The number of hydrogen-bond acceptors (Lipinski definition) is 4. The van der Waals surface area contributed by atoms with Crippen molar-refractivity contribution in [2.24, 2.45) is 5.73 Å². The molecule has 0 bridgehead atoms. The van der Waals surface area contributed by atoms with Gasteiger partial charge in [-0.2, -0.15) is 0 Å². The van der Waals surface area contributed by atoms with Crippen molar-refractivity contribution in [2.45, 2.75) is 38.8 Å². The number of likely N-dealkylation sites (N-methyl/N-ethyl adjacent to an activating group) is 1. The standard InChI is InChI=1S/C10H20N2O3/c1-9(2,3)15-8(14)10(4,11)7(13)12(5)6/h11H2,1-6H3/t10-/m1/s1. The van der Waals surface area contributed by atoms with Gasteiger partial charge in [0.25, 0.3) is 5.91 Å². The Balaban J connectivity index is 4.75. The van der Waals surface area contributed by atoms with Crippen LogP contribution in [0.25, 0.3) is 0 Å². The van der Waals surface area contributed by atoms with Gasteiger partial charge >= 0.3 is 5.97 Å². The molecule has 0 aliphatic rings. The van der Waals surface area contributed by atoms with E-state index in [1.165, 1.54) is 25.9 Å². The second-order valence-electron chi connectivity index (χ2n) is 4.90. The van der Waals surface area contributed by atoms with Crippen molar-refractivity contribution in [2.75, 3.05) is 14.1 Å². The summed E-state index contributed by atoms with van der Waals surface area (Å²) in [5, 5.41) is 0. The van der Waals surface area contributed by atoms with E-state index in [9.17, 15) is 9.59 Å². The monoisotopic (exact) mass is 216 g/mol. The lowest BCUT2D eigenvalue weighted by Crippen LogP contribution is -2.58. The highest BCUT2D eigenvalue weighted by Gasteiger charge is 2.41. The molecule has 1 atom stereocenters. The van der Waals surface area contributed by atoms with E-state index in [1.54, 1.807) is 20.8 Å². The maximum atomic E-state index is 11.6. The zero-order chi connectivity index (χ0) is 12.4. The molecule has 0 saturated carbocycles. The summed E-state index contributed by atoms with van der Waals surface area (Å²) in [6.45, 7) is 6.52. The van der Waals surface area contributed by atoms with E-state index >= 15 is 0 Å². The molecular formula is C10H20N2O3. The molecule has 0 heterocycles. The molecule has 0 radical (unpaired) electrons. The largest absolute Gasteiger partial charge is 0.458 e. The SMILES string of the molecule is CN(C)C(=O)[C@@](C)(N)C(=O)OC(C)(C)C. The van der Waals surface area contributed by atoms with E-state index in [0.717, 1.165) is 0 Å². The number of esters is 1. The lowest BCUT2D eigenvalue weighted by molar-refractivity contribution is -0.165. The first-order valence-electron chi connectivity index (χ1n) is 4.72. The van der Waals surface area contributed by atoms with Gasteiger partial charge in [0.05, 0.1) is 0 Å². The zero-order valence-corrected chi connectivity index (χ0v) is 10.2. The summed E-state index contributed by atoms with van der Waals surface area (Å²) in [4.78, 5) is 24.5. The maximum Gasteiger partial charge on any atom is 0.336 e. The van der Waals surface area contributed by atoms with Crippen molar-refractivity contribution in [3.63, 3.8) is 0 Å². The quantitative estimate of drug-likeness (QED) is 0.526. The molecule has 0 aromatic rings. The Bertz CT molecular complexity index is 264. The van der Waals surface area contributed by atoms with Crippen LogP contribution in [-0.4, -0.2) is 42.0 Å². The van der Waals surface area contributed by atoms with Gasteiger partial charge in [0, 0.05) is 14.1 Å². The first-order chi connectivity index (χ1) is 6.48. The predicted molar refractivity (Wildman–Crippen MR) is 57.1 cm³/mol. The molecule has 0 rings (SSSR count). The minimum absolute atomic E-state index is 0.475. The van der Waals surface area contributed by atoms with Crippen LogP contribution in [0, 0.1) is 0 Å². The number of nitrogens with two attached hydrogens (primary N) is 1. The van der Waals surface area contributed by atoms with Crippen molar-refractivity contribution in [3.05, 3.63) is 0 Å². The summed E-state index contributed by atoms with van der Waals surface area (Å²) < 4.78 is 5.06. The van der Waals surface area contributed by atoms with Crippen LogP contribution in [-0.2, 0) is 14.3 Å². The molecule has 0 spiro atoms. The number of carbonyl (C=O) groups excluding carboxylic acids is 2. The van der Waals surface area contributed by atoms with Crippen molar-refractivity contribution in [1.29, 1.82) is 0 Å². The molecule has 2 N–H and O–H groups in total. The molecule has 0 aromatic heterocycles.